The summed E-state index contributed by atoms with van der Waals surface area (Å²) >= 11 is 12.3. The molecule has 0 saturated heterocycles. The summed E-state index contributed by atoms with van der Waals surface area (Å²) in [5.74, 6) is 1.25. The largest absolute Gasteiger partial charge is 0.495 e. The van der Waals surface area contributed by atoms with Gasteiger partial charge in [0.2, 0.25) is 0 Å². The molecule has 0 aliphatic heterocycles. The van der Waals surface area contributed by atoms with Gasteiger partial charge in [0.25, 0.3) is 5.56 Å². The van der Waals surface area contributed by atoms with Crippen LogP contribution in [0.15, 0.2) is 76.3 Å². The zero-order valence-electron chi connectivity index (χ0n) is 16.1. The second-order valence-corrected chi connectivity index (χ2v) is 7.49. The molecule has 3 heterocycles. The molecule has 5 aromatic rings. The number of methoxy groups -OCH3 is 1. The normalized spacial score (nSPS) is 11.2. The summed E-state index contributed by atoms with van der Waals surface area (Å²) < 4.78 is 13.8. The second-order valence-electron chi connectivity index (χ2n) is 6.64. The standard InChI is InChI=1S/C22H14Cl2N4O3/c1-30-18-9-8-15(11-17(18)24)27-21(19-3-2-10-31-19)26-20-16(22(27)29)12-25-28(20)14-6-4-13(23)5-7-14/h2-12H,1H3. The Morgan fingerprint density at radius 2 is 1.81 bits per heavy atom. The van der Waals surface area contributed by atoms with Crippen molar-refractivity contribution in [3.05, 3.63) is 87.5 Å². The fraction of sp³-hybridized carbons (Fsp3) is 0.0455. The summed E-state index contributed by atoms with van der Waals surface area (Å²) in [6.07, 6.45) is 3.01. The van der Waals surface area contributed by atoms with Crippen LogP contribution >= 0.6 is 23.2 Å². The molecular weight excluding hydrogens is 439 g/mol. The SMILES string of the molecule is COc1ccc(-n2c(-c3ccco3)nc3c(cnn3-c3ccc(Cl)cc3)c2=O)cc1Cl. The van der Waals surface area contributed by atoms with Gasteiger partial charge in [0.1, 0.15) is 11.1 Å². The molecule has 2 aromatic carbocycles. The maximum atomic E-state index is 13.5. The molecule has 0 amide bonds. The Morgan fingerprint density at radius 3 is 2.48 bits per heavy atom. The van der Waals surface area contributed by atoms with E-state index < -0.39 is 0 Å². The van der Waals surface area contributed by atoms with Gasteiger partial charge in [0, 0.05) is 5.02 Å². The van der Waals surface area contributed by atoms with Crippen molar-refractivity contribution in [1.82, 2.24) is 19.3 Å². The number of halogens is 2. The summed E-state index contributed by atoms with van der Waals surface area (Å²) in [6.45, 7) is 0. The predicted molar refractivity (Wildman–Crippen MR) is 119 cm³/mol. The van der Waals surface area contributed by atoms with Gasteiger partial charge in [-0.3, -0.25) is 9.36 Å². The van der Waals surface area contributed by atoms with Gasteiger partial charge in [0.05, 0.1) is 36.0 Å². The van der Waals surface area contributed by atoms with Crippen LogP contribution in [0, 0.1) is 0 Å². The van der Waals surface area contributed by atoms with Crippen LogP contribution in [0.2, 0.25) is 10.0 Å². The Morgan fingerprint density at radius 1 is 1.03 bits per heavy atom. The van der Waals surface area contributed by atoms with Crippen molar-refractivity contribution < 1.29 is 9.15 Å². The van der Waals surface area contributed by atoms with Crippen LogP contribution in [0.1, 0.15) is 0 Å². The van der Waals surface area contributed by atoms with Gasteiger partial charge in [-0.2, -0.15) is 5.10 Å². The molecule has 0 aliphatic rings. The highest BCUT2D eigenvalue weighted by molar-refractivity contribution is 6.32. The maximum absolute atomic E-state index is 13.5. The lowest BCUT2D eigenvalue weighted by Crippen LogP contribution is -2.22. The second kappa shape index (κ2) is 7.61. The van der Waals surface area contributed by atoms with Crippen LogP contribution < -0.4 is 10.3 Å². The van der Waals surface area contributed by atoms with E-state index in [0.717, 1.165) is 5.69 Å². The molecule has 0 bridgehead atoms. The van der Waals surface area contributed by atoms with Gasteiger partial charge < -0.3 is 9.15 Å². The van der Waals surface area contributed by atoms with E-state index in [1.165, 1.54) is 24.1 Å². The number of hydrogen-bond acceptors (Lipinski definition) is 5. The van der Waals surface area contributed by atoms with Crippen LogP contribution in [0.25, 0.3) is 34.0 Å². The fourth-order valence-corrected chi connectivity index (χ4v) is 3.72. The summed E-state index contributed by atoms with van der Waals surface area (Å²) in [4.78, 5) is 18.3. The van der Waals surface area contributed by atoms with E-state index in [4.69, 9.17) is 37.3 Å². The smallest absolute Gasteiger partial charge is 0.269 e. The first-order valence-corrected chi connectivity index (χ1v) is 9.97. The Bertz CT molecular complexity index is 1460. The molecule has 5 rings (SSSR count). The van der Waals surface area contributed by atoms with Crippen molar-refractivity contribution in [2.75, 3.05) is 7.11 Å². The molecule has 0 N–H and O–H groups in total. The van der Waals surface area contributed by atoms with Crippen LogP contribution in [0.4, 0.5) is 0 Å². The highest BCUT2D eigenvalue weighted by atomic mass is 35.5. The van der Waals surface area contributed by atoms with Crippen LogP contribution in [0.5, 0.6) is 5.75 Å². The first-order valence-electron chi connectivity index (χ1n) is 9.21. The van der Waals surface area contributed by atoms with E-state index in [1.807, 2.05) is 0 Å². The summed E-state index contributed by atoms with van der Waals surface area (Å²) in [5, 5.41) is 5.69. The van der Waals surface area contributed by atoms with Crippen molar-refractivity contribution in [1.29, 1.82) is 0 Å². The van der Waals surface area contributed by atoms with Gasteiger partial charge in [-0.1, -0.05) is 23.2 Å². The molecule has 9 heteroatoms. The Kier molecular flexibility index (Phi) is 4.77. The maximum Gasteiger partial charge on any atom is 0.269 e. The average molecular weight is 453 g/mol. The Labute approximate surface area is 186 Å². The number of ether oxygens (including phenoxy) is 1. The molecule has 0 atom stereocenters. The molecule has 7 nitrogen and oxygen atoms in total. The number of rotatable bonds is 4. The molecule has 0 radical (unpaired) electrons. The number of aromatic nitrogens is 4. The highest BCUT2D eigenvalue weighted by Crippen LogP contribution is 2.29. The van der Waals surface area contributed by atoms with Crippen molar-refractivity contribution in [3.8, 4) is 28.7 Å². The van der Waals surface area contributed by atoms with Gasteiger partial charge in [-0.25, -0.2) is 9.67 Å². The van der Waals surface area contributed by atoms with Crippen LogP contribution in [-0.2, 0) is 0 Å². The van der Waals surface area contributed by atoms with Crippen molar-refractivity contribution in [2.24, 2.45) is 0 Å². The third-order valence-corrected chi connectivity index (χ3v) is 5.35. The van der Waals surface area contributed by atoms with Gasteiger partial charge in [-0.05, 0) is 54.6 Å². The number of nitrogens with zero attached hydrogens (tertiary/aromatic N) is 4. The van der Waals surface area contributed by atoms with Crippen LogP contribution in [0.3, 0.4) is 0 Å². The molecule has 31 heavy (non-hydrogen) atoms. The van der Waals surface area contributed by atoms with Crippen LogP contribution in [-0.4, -0.2) is 26.4 Å². The minimum absolute atomic E-state index is 0.308. The molecule has 0 unspecified atom stereocenters. The molecule has 0 fully saturated rings. The van der Waals surface area contributed by atoms with E-state index in [1.54, 1.807) is 59.3 Å². The molecule has 3 aromatic heterocycles. The Balaban J connectivity index is 1.81. The third-order valence-electron chi connectivity index (χ3n) is 4.81. The zero-order chi connectivity index (χ0) is 21.5. The van der Waals surface area contributed by atoms with Gasteiger partial charge in [0.15, 0.2) is 17.2 Å². The van der Waals surface area contributed by atoms with Crippen molar-refractivity contribution >= 4 is 34.2 Å². The lowest BCUT2D eigenvalue weighted by Gasteiger charge is -2.13. The highest BCUT2D eigenvalue weighted by Gasteiger charge is 2.20. The predicted octanol–water partition coefficient (Wildman–Crippen LogP) is 5.15. The summed E-state index contributed by atoms with van der Waals surface area (Å²) in [5.41, 5.74) is 1.34. The quantitative estimate of drug-likeness (QED) is 0.377. The van der Waals surface area contributed by atoms with Gasteiger partial charge in [-0.15, -0.1) is 0 Å². The summed E-state index contributed by atoms with van der Waals surface area (Å²) in [6, 6.07) is 15.6. The first kappa shape index (κ1) is 19.4. The molecule has 154 valence electrons. The van der Waals surface area contributed by atoms with E-state index in [9.17, 15) is 4.79 Å². The zero-order valence-corrected chi connectivity index (χ0v) is 17.6. The van der Waals surface area contributed by atoms with E-state index in [2.05, 4.69) is 5.10 Å². The third kappa shape index (κ3) is 3.28. The van der Waals surface area contributed by atoms with Crippen molar-refractivity contribution in [3.63, 3.8) is 0 Å². The minimum atomic E-state index is -0.308. The van der Waals surface area contributed by atoms with Gasteiger partial charge >= 0.3 is 0 Å². The number of furan rings is 1. The molecule has 0 spiro atoms. The van der Waals surface area contributed by atoms with Crippen molar-refractivity contribution in [2.45, 2.75) is 0 Å². The molecule has 0 saturated carbocycles. The summed E-state index contributed by atoms with van der Waals surface area (Å²) in [7, 11) is 1.53. The topological polar surface area (TPSA) is 75.1 Å². The monoisotopic (exact) mass is 452 g/mol. The first-order chi connectivity index (χ1) is 15.1. The van der Waals surface area contributed by atoms with E-state index in [-0.39, 0.29) is 5.56 Å². The van der Waals surface area contributed by atoms with E-state index in [0.29, 0.717) is 44.1 Å². The Hall–Kier alpha value is -3.55. The van der Waals surface area contributed by atoms with E-state index >= 15 is 0 Å². The minimum Gasteiger partial charge on any atom is -0.495 e. The lowest BCUT2D eigenvalue weighted by atomic mass is 10.2. The number of benzene rings is 2. The number of fused-ring (bicyclic) bond motifs is 1. The number of hydrogen-bond donors (Lipinski definition) is 0. The lowest BCUT2D eigenvalue weighted by molar-refractivity contribution is 0.415. The fourth-order valence-electron chi connectivity index (χ4n) is 3.34. The molecule has 0 aliphatic carbocycles. The average Bonchev–Trinajstić information content (AvgIpc) is 3.44. The molecular formula is C22H14Cl2N4O3.